The number of nitro groups is 1. The molecule has 0 bridgehead atoms. The molecule has 0 aliphatic carbocycles. The average molecular weight is 328 g/mol. The van der Waals surface area contributed by atoms with Crippen molar-refractivity contribution in [3.63, 3.8) is 0 Å². The molecule has 2 aliphatic heterocycles. The zero-order chi connectivity index (χ0) is 15.7. The fourth-order valence-corrected chi connectivity index (χ4v) is 3.21. The SMILES string of the molecule is Cc1cc(N2C=C([N+](=O)[O-])CN(C3CCOCC3)C2Cl)n[nH]1. The summed E-state index contributed by atoms with van der Waals surface area (Å²) in [6, 6.07) is 1.99. The normalized spacial score (nSPS) is 24.4. The van der Waals surface area contributed by atoms with Gasteiger partial charge in [-0.1, -0.05) is 11.6 Å². The Labute approximate surface area is 132 Å². The average Bonchev–Trinajstić information content (AvgIpc) is 2.94. The van der Waals surface area contributed by atoms with Crippen LogP contribution in [0.2, 0.25) is 0 Å². The van der Waals surface area contributed by atoms with Crippen molar-refractivity contribution in [2.45, 2.75) is 31.4 Å². The summed E-state index contributed by atoms with van der Waals surface area (Å²) in [6.45, 7) is 3.41. The summed E-state index contributed by atoms with van der Waals surface area (Å²) in [5, 5.41) is 18.3. The van der Waals surface area contributed by atoms with Gasteiger partial charge < -0.3 is 4.74 Å². The van der Waals surface area contributed by atoms with Crippen LogP contribution in [-0.2, 0) is 4.74 Å². The van der Waals surface area contributed by atoms with E-state index in [0.717, 1.165) is 18.5 Å². The Morgan fingerprint density at radius 3 is 2.82 bits per heavy atom. The van der Waals surface area contributed by atoms with Crippen molar-refractivity contribution < 1.29 is 9.66 Å². The van der Waals surface area contributed by atoms with Gasteiger partial charge in [0.25, 0.3) is 5.70 Å². The Balaban J connectivity index is 1.90. The van der Waals surface area contributed by atoms with Gasteiger partial charge in [-0.15, -0.1) is 0 Å². The highest BCUT2D eigenvalue weighted by molar-refractivity contribution is 6.21. The zero-order valence-corrected chi connectivity index (χ0v) is 13.0. The lowest BCUT2D eigenvalue weighted by atomic mass is 10.1. The van der Waals surface area contributed by atoms with Crippen LogP contribution in [0.25, 0.3) is 0 Å². The summed E-state index contributed by atoms with van der Waals surface area (Å²) in [5.41, 5.74) is 0.483. The number of hydrogen-bond acceptors (Lipinski definition) is 6. The highest BCUT2D eigenvalue weighted by Gasteiger charge is 2.38. The van der Waals surface area contributed by atoms with Gasteiger partial charge in [0.15, 0.2) is 11.4 Å². The Hall–Kier alpha value is -1.64. The van der Waals surface area contributed by atoms with Gasteiger partial charge in [0.05, 0.1) is 17.7 Å². The van der Waals surface area contributed by atoms with Crippen molar-refractivity contribution in [2.75, 3.05) is 24.7 Å². The van der Waals surface area contributed by atoms with E-state index in [-0.39, 0.29) is 23.2 Å². The number of halogens is 1. The molecule has 120 valence electrons. The standard InChI is InChI=1S/C13H18ClN5O3/c1-9-6-12(16-15-9)18-8-11(19(20)21)7-17(13(18)14)10-2-4-22-5-3-10/h6,8,10,13H,2-5,7H2,1H3,(H,15,16). The summed E-state index contributed by atoms with van der Waals surface area (Å²) >= 11 is 6.59. The molecule has 2 aliphatic rings. The molecule has 0 spiro atoms. The molecule has 1 unspecified atom stereocenters. The van der Waals surface area contributed by atoms with Crippen LogP contribution in [0, 0.1) is 17.0 Å². The molecule has 3 rings (SSSR count). The van der Waals surface area contributed by atoms with E-state index in [4.69, 9.17) is 16.3 Å². The largest absolute Gasteiger partial charge is 0.381 e. The maximum Gasteiger partial charge on any atom is 0.276 e. The summed E-state index contributed by atoms with van der Waals surface area (Å²) in [7, 11) is 0. The van der Waals surface area contributed by atoms with E-state index < -0.39 is 5.62 Å². The van der Waals surface area contributed by atoms with Crippen molar-refractivity contribution in [2.24, 2.45) is 0 Å². The first kappa shape index (κ1) is 15.3. The molecule has 9 heteroatoms. The smallest absolute Gasteiger partial charge is 0.276 e. The summed E-state index contributed by atoms with van der Waals surface area (Å²) < 4.78 is 5.37. The van der Waals surface area contributed by atoms with Crippen LogP contribution < -0.4 is 4.90 Å². The number of nitrogens with one attached hydrogen (secondary N) is 1. The van der Waals surface area contributed by atoms with E-state index in [1.54, 1.807) is 4.90 Å². The van der Waals surface area contributed by atoms with Crippen molar-refractivity contribution in [1.29, 1.82) is 0 Å². The molecule has 0 radical (unpaired) electrons. The molecule has 0 aromatic carbocycles. The number of nitrogens with zero attached hydrogens (tertiary/aromatic N) is 4. The maximum absolute atomic E-state index is 11.3. The third-order valence-corrected chi connectivity index (χ3v) is 4.45. The first-order valence-electron chi connectivity index (χ1n) is 7.19. The second kappa shape index (κ2) is 6.23. The number of aryl methyl sites for hydroxylation is 1. The minimum absolute atomic E-state index is 0.115. The predicted molar refractivity (Wildman–Crippen MR) is 81.1 cm³/mol. The van der Waals surface area contributed by atoms with Gasteiger partial charge in [0, 0.05) is 31.0 Å². The predicted octanol–water partition coefficient (Wildman–Crippen LogP) is 1.66. The first-order chi connectivity index (χ1) is 10.6. The summed E-state index contributed by atoms with van der Waals surface area (Å²) in [6.07, 6.45) is 3.12. The van der Waals surface area contributed by atoms with E-state index >= 15 is 0 Å². The van der Waals surface area contributed by atoms with E-state index in [1.807, 2.05) is 17.9 Å². The lowest BCUT2D eigenvalue weighted by molar-refractivity contribution is -0.429. The van der Waals surface area contributed by atoms with Crippen molar-refractivity contribution in [1.82, 2.24) is 15.1 Å². The molecule has 1 fully saturated rings. The molecule has 1 aromatic rings. The Morgan fingerprint density at radius 2 is 2.23 bits per heavy atom. The molecule has 0 saturated carbocycles. The molecule has 22 heavy (non-hydrogen) atoms. The van der Waals surface area contributed by atoms with Crippen LogP contribution in [0.5, 0.6) is 0 Å². The summed E-state index contributed by atoms with van der Waals surface area (Å²) in [5.74, 6) is 0.577. The van der Waals surface area contributed by atoms with Gasteiger partial charge >= 0.3 is 0 Å². The second-order valence-electron chi connectivity index (χ2n) is 5.52. The molecule has 0 amide bonds. The minimum atomic E-state index is -0.505. The van der Waals surface area contributed by atoms with Crippen LogP contribution in [-0.4, -0.2) is 51.4 Å². The molecule has 1 atom stereocenters. The van der Waals surface area contributed by atoms with Crippen LogP contribution in [0.4, 0.5) is 5.82 Å². The van der Waals surface area contributed by atoms with Gasteiger partial charge in [-0.05, 0) is 19.8 Å². The second-order valence-corrected chi connectivity index (χ2v) is 5.91. The van der Waals surface area contributed by atoms with E-state index in [9.17, 15) is 10.1 Å². The van der Waals surface area contributed by atoms with Crippen LogP contribution in [0.1, 0.15) is 18.5 Å². The van der Waals surface area contributed by atoms with Gasteiger partial charge in [0.2, 0.25) is 0 Å². The third-order valence-electron chi connectivity index (χ3n) is 3.99. The highest BCUT2D eigenvalue weighted by Crippen LogP contribution is 2.30. The summed E-state index contributed by atoms with van der Waals surface area (Å²) in [4.78, 5) is 14.5. The Kier molecular flexibility index (Phi) is 4.32. The molecule has 8 nitrogen and oxygen atoms in total. The molecule has 1 aromatic heterocycles. The molecule has 1 saturated heterocycles. The van der Waals surface area contributed by atoms with E-state index in [2.05, 4.69) is 10.2 Å². The minimum Gasteiger partial charge on any atom is -0.381 e. The topological polar surface area (TPSA) is 87.5 Å². The van der Waals surface area contributed by atoms with Crippen LogP contribution in [0.15, 0.2) is 18.0 Å². The quantitative estimate of drug-likeness (QED) is 0.393. The van der Waals surface area contributed by atoms with Crippen LogP contribution in [0.3, 0.4) is 0 Å². The zero-order valence-electron chi connectivity index (χ0n) is 12.2. The number of aromatic amines is 1. The van der Waals surface area contributed by atoms with Crippen molar-refractivity contribution in [3.05, 3.63) is 33.8 Å². The molecular weight excluding hydrogens is 310 g/mol. The lowest BCUT2D eigenvalue weighted by Gasteiger charge is -2.42. The fraction of sp³-hybridized carbons (Fsp3) is 0.615. The number of aromatic nitrogens is 2. The monoisotopic (exact) mass is 327 g/mol. The Morgan fingerprint density at radius 1 is 1.50 bits per heavy atom. The number of hydrogen-bond donors (Lipinski definition) is 1. The van der Waals surface area contributed by atoms with Crippen molar-refractivity contribution >= 4 is 17.4 Å². The number of rotatable bonds is 3. The van der Waals surface area contributed by atoms with E-state index in [1.165, 1.54) is 6.20 Å². The fourth-order valence-electron chi connectivity index (χ4n) is 2.82. The van der Waals surface area contributed by atoms with Gasteiger partial charge in [-0.3, -0.25) is 25.0 Å². The lowest BCUT2D eigenvalue weighted by Crippen LogP contribution is -2.54. The Bertz CT molecular complexity index is 584. The van der Waals surface area contributed by atoms with Crippen LogP contribution >= 0.6 is 11.6 Å². The number of anilines is 1. The molecule has 3 heterocycles. The molecule has 1 N–H and O–H groups in total. The van der Waals surface area contributed by atoms with Crippen molar-refractivity contribution in [3.8, 4) is 0 Å². The van der Waals surface area contributed by atoms with E-state index in [0.29, 0.717) is 19.0 Å². The molecular formula is C13H18ClN5O3. The number of ether oxygens (including phenoxy) is 1. The maximum atomic E-state index is 11.3. The van der Waals surface area contributed by atoms with Gasteiger partial charge in [-0.25, -0.2) is 0 Å². The van der Waals surface area contributed by atoms with Gasteiger partial charge in [-0.2, -0.15) is 5.10 Å². The third kappa shape index (κ3) is 2.94. The highest BCUT2D eigenvalue weighted by atomic mass is 35.5. The number of H-pyrrole nitrogens is 1. The van der Waals surface area contributed by atoms with Gasteiger partial charge in [0.1, 0.15) is 0 Å². The first-order valence-corrected chi connectivity index (χ1v) is 7.63. The number of alkyl halides is 1.